The van der Waals surface area contributed by atoms with Crippen LogP contribution < -0.4 is 5.73 Å². The van der Waals surface area contributed by atoms with Crippen molar-refractivity contribution < 1.29 is 4.79 Å². The number of hydrogen-bond donors (Lipinski definition) is 1. The van der Waals surface area contributed by atoms with Gasteiger partial charge in [0.2, 0.25) is 0 Å². The van der Waals surface area contributed by atoms with Crippen molar-refractivity contribution in [2.75, 3.05) is 6.54 Å². The van der Waals surface area contributed by atoms with Crippen molar-refractivity contribution in [1.29, 1.82) is 0 Å². The summed E-state index contributed by atoms with van der Waals surface area (Å²) < 4.78 is 0. The van der Waals surface area contributed by atoms with Crippen LogP contribution >= 0.6 is 0 Å². The number of carbonyl (C=O) groups is 1. The van der Waals surface area contributed by atoms with Crippen LogP contribution in [-0.2, 0) is 4.79 Å². The summed E-state index contributed by atoms with van der Waals surface area (Å²) in [5.41, 5.74) is 5.16. The minimum atomic E-state index is -0.167. The van der Waals surface area contributed by atoms with Gasteiger partial charge in [-0.1, -0.05) is 13.8 Å². The predicted octanol–water partition coefficient (Wildman–Crippen LogP) is 1.34. The summed E-state index contributed by atoms with van der Waals surface area (Å²) in [5, 5.41) is 0. The number of rotatable bonds is 4. The fourth-order valence-corrected chi connectivity index (χ4v) is 0.720. The molecule has 0 aromatic heterocycles. The Labute approximate surface area is 62.8 Å². The monoisotopic (exact) mass is 143 g/mol. The molecule has 10 heavy (non-hydrogen) atoms. The molecule has 0 saturated heterocycles. The largest absolute Gasteiger partial charge is 0.330 e. The third-order valence-electron chi connectivity index (χ3n) is 1.96. The SMILES string of the molecule is CC(=O)C(C)(C)CCCN. The van der Waals surface area contributed by atoms with Crippen molar-refractivity contribution in [3.8, 4) is 0 Å². The van der Waals surface area contributed by atoms with Crippen LogP contribution in [0.25, 0.3) is 0 Å². The molecule has 0 saturated carbocycles. The molecule has 0 atom stereocenters. The smallest absolute Gasteiger partial charge is 0.135 e. The first-order valence-electron chi connectivity index (χ1n) is 3.72. The van der Waals surface area contributed by atoms with Crippen LogP contribution in [0.1, 0.15) is 33.6 Å². The minimum Gasteiger partial charge on any atom is -0.330 e. The van der Waals surface area contributed by atoms with Gasteiger partial charge in [-0.2, -0.15) is 0 Å². The van der Waals surface area contributed by atoms with Crippen LogP contribution in [0.5, 0.6) is 0 Å². The quantitative estimate of drug-likeness (QED) is 0.645. The van der Waals surface area contributed by atoms with Gasteiger partial charge in [-0.3, -0.25) is 4.79 Å². The van der Waals surface area contributed by atoms with E-state index in [0.717, 1.165) is 12.8 Å². The van der Waals surface area contributed by atoms with Gasteiger partial charge in [0.15, 0.2) is 0 Å². The molecule has 0 aromatic carbocycles. The lowest BCUT2D eigenvalue weighted by Crippen LogP contribution is -2.22. The molecule has 0 aliphatic heterocycles. The van der Waals surface area contributed by atoms with Crippen LogP contribution in [-0.4, -0.2) is 12.3 Å². The van der Waals surface area contributed by atoms with Gasteiger partial charge >= 0.3 is 0 Å². The third kappa shape index (κ3) is 2.97. The summed E-state index contributed by atoms with van der Waals surface area (Å²) in [4.78, 5) is 10.9. The number of Topliss-reactive ketones (excluding diaryl/α,β-unsaturated/α-hetero) is 1. The van der Waals surface area contributed by atoms with Gasteiger partial charge in [0, 0.05) is 5.41 Å². The van der Waals surface area contributed by atoms with Crippen molar-refractivity contribution in [2.45, 2.75) is 33.6 Å². The van der Waals surface area contributed by atoms with Crippen LogP contribution in [0.3, 0.4) is 0 Å². The second-order valence-electron chi connectivity index (χ2n) is 3.33. The third-order valence-corrected chi connectivity index (χ3v) is 1.96. The molecule has 2 nitrogen and oxygen atoms in total. The maximum absolute atomic E-state index is 10.9. The first-order chi connectivity index (χ1) is 4.50. The van der Waals surface area contributed by atoms with E-state index in [1.807, 2.05) is 13.8 Å². The van der Waals surface area contributed by atoms with Gasteiger partial charge in [-0.25, -0.2) is 0 Å². The number of carbonyl (C=O) groups excluding carboxylic acids is 1. The Hall–Kier alpha value is -0.370. The van der Waals surface area contributed by atoms with E-state index < -0.39 is 0 Å². The molecule has 0 spiro atoms. The Morgan fingerprint density at radius 2 is 2.00 bits per heavy atom. The van der Waals surface area contributed by atoms with Crippen molar-refractivity contribution >= 4 is 5.78 Å². The molecule has 0 unspecified atom stereocenters. The molecule has 0 aromatic rings. The Balaban J connectivity index is 3.75. The Kier molecular flexibility index (Phi) is 3.58. The first kappa shape index (κ1) is 9.63. The van der Waals surface area contributed by atoms with E-state index in [9.17, 15) is 4.79 Å². The fraction of sp³-hybridized carbons (Fsp3) is 0.875. The van der Waals surface area contributed by atoms with Crippen molar-refractivity contribution in [3.63, 3.8) is 0 Å². The van der Waals surface area contributed by atoms with E-state index in [1.165, 1.54) is 0 Å². The van der Waals surface area contributed by atoms with E-state index in [2.05, 4.69) is 0 Å². The highest BCUT2D eigenvalue weighted by Gasteiger charge is 2.21. The molecule has 0 aliphatic carbocycles. The molecule has 0 bridgehead atoms. The minimum absolute atomic E-state index is 0.167. The van der Waals surface area contributed by atoms with Crippen molar-refractivity contribution in [1.82, 2.24) is 0 Å². The summed E-state index contributed by atoms with van der Waals surface area (Å²) in [6.45, 7) is 6.24. The molecule has 0 rings (SSSR count). The lowest BCUT2D eigenvalue weighted by atomic mass is 9.84. The number of nitrogens with two attached hydrogens (primary N) is 1. The molecule has 60 valence electrons. The zero-order valence-corrected chi connectivity index (χ0v) is 7.11. The van der Waals surface area contributed by atoms with E-state index in [-0.39, 0.29) is 11.2 Å². The Morgan fingerprint density at radius 3 is 2.30 bits per heavy atom. The van der Waals surface area contributed by atoms with Crippen molar-refractivity contribution in [2.24, 2.45) is 11.1 Å². The van der Waals surface area contributed by atoms with E-state index in [1.54, 1.807) is 6.92 Å². The maximum Gasteiger partial charge on any atom is 0.135 e. The molecule has 0 radical (unpaired) electrons. The average molecular weight is 143 g/mol. The molecule has 0 heterocycles. The lowest BCUT2D eigenvalue weighted by Gasteiger charge is -2.19. The molecular weight excluding hydrogens is 126 g/mol. The molecular formula is C8H17NO. The lowest BCUT2D eigenvalue weighted by molar-refractivity contribution is -0.125. The highest BCUT2D eigenvalue weighted by molar-refractivity contribution is 5.81. The topological polar surface area (TPSA) is 43.1 Å². The van der Waals surface area contributed by atoms with E-state index in [0.29, 0.717) is 6.54 Å². The number of ketones is 1. The highest BCUT2D eigenvalue weighted by Crippen LogP contribution is 2.22. The average Bonchev–Trinajstić information content (AvgIpc) is 1.84. The Bertz CT molecular complexity index is 118. The fourth-order valence-electron chi connectivity index (χ4n) is 0.720. The molecule has 2 N–H and O–H groups in total. The summed E-state index contributed by atoms with van der Waals surface area (Å²) in [6, 6.07) is 0. The highest BCUT2D eigenvalue weighted by atomic mass is 16.1. The van der Waals surface area contributed by atoms with Crippen LogP contribution in [0.15, 0.2) is 0 Å². The zero-order chi connectivity index (χ0) is 8.20. The van der Waals surface area contributed by atoms with Crippen LogP contribution in [0.2, 0.25) is 0 Å². The maximum atomic E-state index is 10.9. The summed E-state index contributed by atoms with van der Waals surface area (Å²) in [6.07, 6.45) is 1.84. The van der Waals surface area contributed by atoms with Gasteiger partial charge in [-0.05, 0) is 26.3 Å². The van der Waals surface area contributed by atoms with Gasteiger partial charge in [0.25, 0.3) is 0 Å². The van der Waals surface area contributed by atoms with Gasteiger partial charge < -0.3 is 5.73 Å². The first-order valence-corrected chi connectivity index (χ1v) is 3.72. The van der Waals surface area contributed by atoms with Gasteiger partial charge in [-0.15, -0.1) is 0 Å². The summed E-state index contributed by atoms with van der Waals surface area (Å²) in [7, 11) is 0. The summed E-state index contributed by atoms with van der Waals surface area (Å²) >= 11 is 0. The Morgan fingerprint density at radius 1 is 1.50 bits per heavy atom. The van der Waals surface area contributed by atoms with Gasteiger partial charge in [0.1, 0.15) is 5.78 Å². The van der Waals surface area contributed by atoms with E-state index >= 15 is 0 Å². The molecule has 0 amide bonds. The predicted molar refractivity (Wildman–Crippen MR) is 42.8 cm³/mol. The standard InChI is InChI=1S/C8H17NO/c1-7(10)8(2,3)5-4-6-9/h4-6,9H2,1-3H3. The van der Waals surface area contributed by atoms with Crippen LogP contribution in [0.4, 0.5) is 0 Å². The zero-order valence-electron chi connectivity index (χ0n) is 7.11. The number of hydrogen-bond acceptors (Lipinski definition) is 2. The van der Waals surface area contributed by atoms with Crippen LogP contribution in [0, 0.1) is 5.41 Å². The van der Waals surface area contributed by atoms with Gasteiger partial charge in [0.05, 0.1) is 0 Å². The summed E-state index contributed by atoms with van der Waals surface area (Å²) in [5.74, 6) is 0.251. The second kappa shape index (κ2) is 3.71. The normalized spacial score (nSPS) is 11.6. The molecule has 0 fully saturated rings. The molecule has 2 heteroatoms. The molecule has 0 aliphatic rings. The second-order valence-corrected chi connectivity index (χ2v) is 3.33. The van der Waals surface area contributed by atoms with E-state index in [4.69, 9.17) is 5.73 Å². The van der Waals surface area contributed by atoms with Crippen molar-refractivity contribution in [3.05, 3.63) is 0 Å².